The van der Waals surface area contributed by atoms with Gasteiger partial charge < -0.3 is 31.9 Å². The summed E-state index contributed by atoms with van der Waals surface area (Å²) < 4.78 is 0. The van der Waals surface area contributed by atoms with E-state index in [9.17, 15) is 29.4 Å². The molecule has 0 bridgehead atoms. The zero-order valence-corrected chi connectivity index (χ0v) is 23.5. The van der Waals surface area contributed by atoms with Crippen LogP contribution >= 0.6 is 23.5 Å². The first-order valence-corrected chi connectivity index (χ1v) is 15.0. The second-order valence-electron chi connectivity index (χ2n) is 8.87. The third-order valence-electron chi connectivity index (χ3n) is 6.04. The molecule has 208 valence electrons. The number of hydrogen-bond donors (Lipinski definition) is 6. The molecule has 0 spiro atoms. The number of carbonyl (C=O) groups is 4. The largest absolute Gasteiger partial charge is 0.508 e. The maximum absolute atomic E-state index is 13.2. The highest BCUT2D eigenvalue weighted by atomic mass is 32.2. The van der Waals surface area contributed by atoms with Crippen molar-refractivity contribution in [3.05, 3.63) is 29.8 Å². The normalized spacial score (nSPS) is 15.1. The van der Waals surface area contributed by atoms with Crippen LogP contribution in [-0.4, -0.2) is 82.1 Å². The van der Waals surface area contributed by atoms with Crippen LogP contribution in [0.25, 0.3) is 0 Å². The lowest BCUT2D eigenvalue weighted by atomic mass is 9.99. The SMILES string of the molecule is CCC(C)C(N)C(=O)NC(CCSC)C(=O)NC(CCSC)C(=O)NC(Cc1ccc(O)cc1)C(=O)O. The third kappa shape index (κ3) is 11.7. The van der Waals surface area contributed by atoms with E-state index in [0.29, 0.717) is 29.9 Å². The molecule has 7 N–H and O–H groups in total. The first-order valence-electron chi connectivity index (χ1n) is 12.2. The van der Waals surface area contributed by atoms with Crippen molar-refractivity contribution in [2.45, 2.75) is 63.7 Å². The fraction of sp³-hybridized carbons (Fsp3) is 0.600. The monoisotopic (exact) mass is 556 g/mol. The average Bonchev–Trinajstić information content (AvgIpc) is 2.88. The van der Waals surface area contributed by atoms with Crippen LogP contribution in [-0.2, 0) is 25.6 Å². The predicted octanol–water partition coefficient (Wildman–Crippen LogP) is 1.35. The van der Waals surface area contributed by atoms with Gasteiger partial charge in [0.2, 0.25) is 17.7 Å². The molecule has 0 fully saturated rings. The third-order valence-corrected chi connectivity index (χ3v) is 7.33. The first-order chi connectivity index (χ1) is 17.5. The summed E-state index contributed by atoms with van der Waals surface area (Å²) in [7, 11) is 0. The molecule has 0 saturated heterocycles. The summed E-state index contributed by atoms with van der Waals surface area (Å²) in [4.78, 5) is 50.7. The summed E-state index contributed by atoms with van der Waals surface area (Å²) in [6.45, 7) is 3.79. The topological polar surface area (TPSA) is 171 Å². The molecule has 0 aliphatic heterocycles. The van der Waals surface area contributed by atoms with Crippen LogP contribution in [0.2, 0.25) is 0 Å². The lowest BCUT2D eigenvalue weighted by Gasteiger charge is -2.26. The molecule has 0 saturated carbocycles. The van der Waals surface area contributed by atoms with Gasteiger partial charge in [0.1, 0.15) is 23.9 Å². The van der Waals surface area contributed by atoms with Gasteiger partial charge in [-0.2, -0.15) is 23.5 Å². The van der Waals surface area contributed by atoms with E-state index in [1.807, 2.05) is 26.4 Å². The molecule has 1 aromatic carbocycles. The van der Waals surface area contributed by atoms with Crippen molar-refractivity contribution in [3.63, 3.8) is 0 Å². The van der Waals surface area contributed by atoms with Gasteiger partial charge in [-0.05, 0) is 60.5 Å². The lowest BCUT2D eigenvalue weighted by Crippen LogP contribution is -2.58. The minimum absolute atomic E-state index is 0.00442. The molecule has 0 aliphatic rings. The van der Waals surface area contributed by atoms with E-state index in [4.69, 9.17) is 5.73 Å². The fourth-order valence-electron chi connectivity index (χ4n) is 3.40. The Labute approximate surface area is 227 Å². The van der Waals surface area contributed by atoms with Gasteiger partial charge in [-0.15, -0.1) is 0 Å². The van der Waals surface area contributed by atoms with Crippen molar-refractivity contribution >= 4 is 47.2 Å². The second-order valence-corrected chi connectivity index (χ2v) is 10.8. The molecular weight excluding hydrogens is 516 g/mol. The summed E-state index contributed by atoms with van der Waals surface area (Å²) in [6, 6.07) is 2.17. The average molecular weight is 557 g/mol. The van der Waals surface area contributed by atoms with Gasteiger partial charge in [0, 0.05) is 6.42 Å². The Hall–Kier alpha value is -2.44. The van der Waals surface area contributed by atoms with E-state index in [-0.39, 0.29) is 24.5 Å². The van der Waals surface area contributed by atoms with E-state index in [0.717, 1.165) is 0 Å². The van der Waals surface area contributed by atoms with E-state index in [1.54, 1.807) is 12.1 Å². The van der Waals surface area contributed by atoms with Gasteiger partial charge in [0.25, 0.3) is 0 Å². The van der Waals surface area contributed by atoms with Crippen LogP contribution < -0.4 is 21.7 Å². The van der Waals surface area contributed by atoms with Gasteiger partial charge in [0.05, 0.1) is 6.04 Å². The molecule has 10 nitrogen and oxygen atoms in total. The van der Waals surface area contributed by atoms with Crippen LogP contribution in [0, 0.1) is 5.92 Å². The molecule has 0 radical (unpaired) electrons. The molecule has 0 aliphatic carbocycles. The molecule has 0 heterocycles. The first kappa shape index (κ1) is 32.6. The van der Waals surface area contributed by atoms with Gasteiger partial charge in [-0.1, -0.05) is 32.4 Å². The number of phenols is 1. The zero-order valence-electron chi connectivity index (χ0n) is 21.9. The number of nitrogens with one attached hydrogen (secondary N) is 3. The number of aromatic hydroxyl groups is 1. The number of carboxylic acid groups (broad SMARTS) is 1. The van der Waals surface area contributed by atoms with Gasteiger partial charge in [-0.3, -0.25) is 14.4 Å². The molecule has 1 aromatic rings. The number of thioether (sulfide) groups is 2. The smallest absolute Gasteiger partial charge is 0.326 e. The van der Waals surface area contributed by atoms with Crippen molar-refractivity contribution < 1.29 is 29.4 Å². The molecule has 37 heavy (non-hydrogen) atoms. The number of rotatable bonds is 17. The van der Waals surface area contributed by atoms with Gasteiger partial charge in [-0.25, -0.2) is 4.79 Å². The molecule has 5 atom stereocenters. The lowest BCUT2D eigenvalue weighted by molar-refractivity contribution is -0.142. The number of phenolic OH excluding ortho intramolecular Hbond substituents is 1. The molecule has 3 amide bonds. The van der Waals surface area contributed by atoms with Crippen molar-refractivity contribution in [1.82, 2.24) is 16.0 Å². The predicted molar refractivity (Wildman–Crippen MR) is 149 cm³/mol. The number of amides is 3. The number of hydrogen-bond acceptors (Lipinski definition) is 8. The molecule has 0 aromatic heterocycles. The maximum atomic E-state index is 13.2. The quantitative estimate of drug-likeness (QED) is 0.166. The Morgan fingerprint density at radius 1 is 0.865 bits per heavy atom. The highest BCUT2D eigenvalue weighted by Gasteiger charge is 2.30. The van der Waals surface area contributed by atoms with Crippen molar-refractivity contribution in [2.24, 2.45) is 11.7 Å². The van der Waals surface area contributed by atoms with Crippen LogP contribution in [0.4, 0.5) is 0 Å². The summed E-state index contributed by atoms with van der Waals surface area (Å²) in [5.74, 6) is -1.66. The van der Waals surface area contributed by atoms with E-state index < -0.39 is 47.9 Å². The van der Waals surface area contributed by atoms with E-state index in [1.165, 1.54) is 35.7 Å². The van der Waals surface area contributed by atoms with Crippen LogP contribution in [0.3, 0.4) is 0 Å². The number of nitrogens with two attached hydrogens (primary N) is 1. The highest BCUT2D eigenvalue weighted by Crippen LogP contribution is 2.12. The van der Waals surface area contributed by atoms with Crippen LogP contribution in [0.5, 0.6) is 5.75 Å². The van der Waals surface area contributed by atoms with E-state index >= 15 is 0 Å². The highest BCUT2D eigenvalue weighted by molar-refractivity contribution is 7.98. The number of carboxylic acids is 1. The molecular formula is C25H40N4O6S2. The fourth-order valence-corrected chi connectivity index (χ4v) is 4.34. The Morgan fingerprint density at radius 3 is 1.76 bits per heavy atom. The zero-order chi connectivity index (χ0) is 28.0. The van der Waals surface area contributed by atoms with Crippen molar-refractivity contribution in [2.75, 3.05) is 24.0 Å². The second kappa shape index (κ2) is 17.1. The number of benzene rings is 1. The van der Waals surface area contributed by atoms with Gasteiger partial charge >= 0.3 is 5.97 Å². The Morgan fingerprint density at radius 2 is 1.32 bits per heavy atom. The number of carbonyl (C=O) groups excluding carboxylic acids is 3. The molecule has 5 unspecified atom stereocenters. The van der Waals surface area contributed by atoms with Crippen LogP contribution in [0.15, 0.2) is 24.3 Å². The van der Waals surface area contributed by atoms with Gasteiger partial charge in [0.15, 0.2) is 0 Å². The van der Waals surface area contributed by atoms with Crippen LogP contribution in [0.1, 0.15) is 38.7 Å². The Kier molecular flexibility index (Phi) is 15.1. The standard InChI is InChI=1S/C25H40N4O6S2/c1-5-15(2)21(26)24(33)28-19(11-13-37-4)22(31)27-18(10-12-36-3)23(32)29-20(25(34)35)14-16-6-8-17(30)9-7-16/h6-9,15,18-21,30H,5,10-14,26H2,1-4H3,(H,27,31)(H,28,33)(H,29,32)(H,34,35). The summed E-state index contributed by atoms with van der Waals surface area (Å²) in [6.07, 6.45) is 5.09. The minimum Gasteiger partial charge on any atom is -0.508 e. The Balaban J connectivity index is 2.99. The summed E-state index contributed by atoms with van der Waals surface area (Å²) in [5.41, 5.74) is 6.65. The minimum atomic E-state index is -1.23. The summed E-state index contributed by atoms with van der Waals surface area (Å²) >= 11 is 3.01. The maximum Gasteiger partial charge on any atom is 0.326 e. The summed E-state index contributed by atoms with van der Waals surface area (Å²) in [5, 5.41) is 27.1. The molecule has 1 rings (SSSR count). The number of aliphatic carboxylic acids is 1. The van der Waals surface area contributed by atoms with E-state index in [2.05, 4.69) is 16.0 Å². The van der Waals surface area contributed by atoms with Crippen molar-refractivity contribution in [1.29, 1.82) is 0 Å². The molecule has 12 heteroatoms. The van der Waals surface area contributed by atoms with Crippen molar-refractivity contribution in [3.8, 4) is 5.75 Å². The Bertz CT molecular complexity index is 886.